The van der Waals surface area contributed by atoms with Crippen molar-refractivity contribution in [2.75, 3.05) is 0 Å². The molecule has 2 heteroatoms. The van der Waals surface area contributed by atoms with Crippen LogP contribution in [0.25, 0.3) is 10.9 Å². The molecule has 0 fully saturated rings. The monoisotopic (exact) mass is 206 g/mol. The first-order valence-corrected chi connectivity index (χ1v) is 4.08. The van der Waals surface area contributed by atoms with Crippen LogP contribution in [0.1, 0.15) is 0 Å². The van der Waals surface area contributed by atoms with E-state index in [4.69, 9.17) is 0 Å². The van der Waals surface area contributed by atoms with E-state index in [9.17, 15) is 0 Å². The molecule has 1 aromatic carbocycles. The smallest absolute Gasteiger partial charge is 0.0894 e. The highest BCUT2D eigenvalue weighted by Gasteiger charge is 1.92. The minimum Gasteiger partial charge on any atom is -0.246 e. The Labute approximate surface area is 73.2 Å². The average molecular weight is 207 g/mol. The first-order valence-electron chi connectivity index (χ1n) is 3.28. The molecule has 1 heterocycles. The molecule has 0 N–H and O–H groups in total. The van der Waals surface area contributed by atoms with Gasteiger partial charge in [0.1, 0.15) is 0 Å². The van der Waals surface area contributed by atoms with Gasteiger partial charge in [0, 0.05) is 9.86 Å². The number of pyridine rings is 1. The number of halogens is 1. The van der Waals surface area contributed by atoms with Crippen LogP contribution in [0.3, 0.4) is 0 Å². The molecule has 0 unspecified atom stereocenters. The molecule has 1 radical (unpaired) electrons. The number of benzene rings is 1. The zero-order valence-corrected chi connectivity index (χ0v) is 7.30. The van der Waals surface area contributed by atoms with Gasteiger partial charge in [0.05, 0.1) is 11.7 Å². The van der Waals surface area contributed by atoms with Crippen molar-refractivity contribution in [2.45, 2.75) is 0 Å². The standard InChI is InChI=1S/C9H5BrN/c10-8-3-4-9-7(6-8)2-1-5-11-9/h1-4,6H. The van der Waals surface area contributed by atoms with E-state index in [1.165, 1.54) is 0 Å². The molecule has 0 aliphatic heterocycles. The van der Waals surface area contributed by atoms with Crippen LogP contribution < -0.4 is 0 Å². The highest BCUT2D eigenvalue weighted by Crippen LogP contribution is 2.16. The van der Waals surface area contributed by atoms with Crippen LogP contribution in [-0.4, -0.2) is 4.98 Å². The molecule has 0 atom stereocenters. The maximum Gasteiger partial charge on any atom is 0.0894 e. The van der Waals surface area contributed by atoms with Crippen LogP contribution in [0.5, 0.6) is 0 Å². The molecule has 0 bridgehead atoms. The summed E-state index contributed by atoms with van der Waals surface area (Å²) in [5, 5.41) is 1.14. The van der Waals surface area contributed by atoms with Gasteiger partial charge in [-0.1, -0.05) is 22.0 Å². The summed E-state index contributed by atoms with van der Waals surface area (Å²) in [6.07, 6.45) is 2.79. The fraction of sp³-hybridized carbons (Fsp3) is 0. The highest BCUT2D eigenvalue weighted by atomic mass is 79.9. The van der Waals surface area contributed by atoms with E-state index in [1.807, 2.05) is 30.3 Å². The Morgan fingerprint density at radius 3 is 3.09 bits per heavy atom. The molecule has 1 aromatic heterocycles. The van der Waals surface area contributed by atoms with E-state index in [-0.39, 0.29) is 0 Å². The van der Waals surface area contributed by atoms with Crippen molar-refractivity contribution in [2.24, 2.45) is 0 Å². The van der Waals surface area contributed by atoms with Crippen LogP contribution in [0.2, 0.25) is 0 Å². The molecule has 2 rings (SSSR count). The summed E-state index contributed by atoms with van der Waals surface area (Å²) in [6, 6.07) is 9.79. The zero-order chi connectivity index (χ0) is 7.68. The third kappa shape index (κ3) is 1.26. The summed E-state index contributed by atoms with van der Waals surface area (Å²) in [5.74, 6) is 0. The maximum atomic E-state index is 4.08. The molecular weight excluding hydrogens is 202 g/mol. The lowest BCUT2D eigenvalue weighted by molar-refractivity contribution is 1.39. The van der Waals surface area contributed by atoms with Crippen LogP contribution >= 0.6 is 15.9 Å². The van der Waals surface area contributed by atoms with Crippen LogP contribution in [-0.2, 0) is 0 Å². The van der Waals surface area contributed by atoms with Gasteiger partial charge in [0.15, 0.2) is 0 Å². The van der Waals surface area contributed by atoms with Crippen LogP contribution in [0, 0.1) is 6.20 Å². The van der Waals surface area contributed by atoms with Gasteiger partial charge in [-0.25, -0.2) is 4.98 Å². The third-order valence-electron chi connectivity index (χ3n) is 1.51. The fourth-order valence-corrected chi connectivity index (χ4v) is 1.37. The average Bonchev–Trinajstić information content (AvgIpc) is 2.04. The van der Waals surface area contributed by atoms with Gasteiger partial charge in [-0.3, -0.25) is 0 Å². The normalized spacial score (nSPS) is 10.3. The fourth-order valence-electron chi connectivity index (χ4n) is 0.995. The summed E-state index contributed by atoms with van der Waals surface area (Å²) in [4.78, 5) is 4.08. The van der Waals surface area contributed by atoms with Gasteiger partial charge in [0.25, 0.3) is 0 Å². The lowest BCUT2D eigenvalue weighted by atomic mass is 10.2. The van der Waals surface area contributed by atoms with E-state index >= 15 is 0 Å². The quantitative estimate of drug-likeness (QED) is 0.647. The Hall–Kier alpha value is -0.890. The summed E-state index contributed by atoms with van der Waals surface area (Å²) < 4.78 is 1.08. The summed E-state index contributed by atoms with van der Waals surface area (Å²) in [7, 11) is 0. The van der Waals surface area contributed by atoms with E-state index in [1.54, 1.807) is 0 Å². The number of hydrogen-bond acceptors (Lipinski definition) is 1. The lowest BCUT2D eigenvalue weighted by Crippen LogP contribution is -1.75. The molecule has 53 valence electrons. The second-order valence-corrected chi connectivity index (χ2v) is 3.19. The molecular formula is C9H5BrN. The molecule has 0 saturated carbocycles. The second-order valence-electron chi connectivity index (χ2n) is 2.28. The minimum atomic E-state index is 0.982. The van der Waals surface area contributed by atoms with Crippen molar-refractivity contribution in [3.63, 3.8) is 0 Å². The Morgan fingerprint density at radius 2 is 2.18 bits per heavy atom. The van der Waals surface area contributed by atoms with Crippen molar-refractivity contribution in [1.29, 1.82) is 0 Å². The molecule has 2 aromatic rings. The Balaban J connectivity index is 2.83. The van der Waals surface area contributed by atoms with Crippen LogP contribution in [0.15, 0.2) is 34.8 Å². The Kier molecular flexibility index (Phi) is 1.62. The van der Waals surface area contributed by atoms with Crippen molar-refractivity contribution < 1.29 is 0 Å². The van der Waals surface area contributed by atoms with Crippen molar-refractivity contribution >= 4 is 26.8 Å². The zero-order valence-electron chi connectivity index (χ0n) is 5.71. The van der Waals surface area contributed by atoms with E-state index in [0.29, 0.717) is 0 Å². The van der Waals surface area contributed by atoms with Gasteiger partial charge in [-0.15, -0.1) is 0 Å². The molecule has 0 amide bonds. The van der Waals surface area contributed by atoms with E-state index in [2.05, 4.69) is 27.1 Å². The lowest BCUT2D eigenvalue weighted by Gasteiger charge is -1.94. The van der Waals surface area contributed by atoms with Gasteiger partial charge in [-0.05, 0) is 24.3 Å². The largest absolute Gasteiger partial charge is 0.246 e. The predicted octanol–water partition coefficient (Wildman–Crippen LogP) is 2.80. The van der Waals surface area contributed by atoms with E-state index < -0.39 is 0 Å². The number of fused-ring (bicyclic) bond motifs is 1. The molecule has 0 saturated heterocycles. The predicted molar refractivity (Wildman–Crippen MR) is 48.3 cm³/mol. The topological polar surface area (TPSA) is 12.9 Å². The summed E-state index contributed by atoms with van der Waals surface area (Å²) >= 11 is 3.39. The molecule has 0 aliphatic rings. The number of hydrogen-bond donors (Lipinski definition) is 0. The van der Waals surface area contributed by atoms with Crippen molar-refractivity contribution in [3.8, 4) is 0 Å². The van der Waals surface area contributed by atoms with Gasteiger partial charge in [-0.2, -0.15) is 0 Å². The molecule has 11 heavy (non-hydrogen) atoms. The Morgan fingerprint density at radius 1 is 1.27 bits per heavy atom. The number of aromatic nitrogens is 1. The third-order valence-corrected chi connectivity index (χ3v) is 2.01. The first-order chi connectivity index (χ1) is 5.36. The van der Waals surface area contributed by atoms with Gasteiger partial charge < -0.3 is 0 Å². The molecule has 0 spiro atoms. The van der Waals surface area contributed by atoms with Crippen molar-refractivity contribution in [1.82, 2.24) is 4.98 Å². The molecule has 0 aliphatic carbocycles. The van der Waals surface area contributed by atoms with E-state index in [0.717, 1.165) is 15.4 Å². The summed E-state index contributed by atoms with van der Waals surface area (Å²) in [5.41, 5.74) is 0.982. The van der Waals surface area contributed by atoms with Crippen LogP contribution in [0.4, 0.5) is 0 Å². The van der Waals surface area contributed by atoms with Gasteiger partial charge >= 0.3 is 0 Å². The Bertz CT molecular complexity index is 384. The SMILES string of the molecule is Brc1ccc2n[c]ccc2c1. The maximum absolute atomic E-state index is 4.08. The van der Waals surface area contributed by atoms with Crippen molar-refractivity contribution in [3.05, 3.63) is 41.0 Å². The molecule has 1 nitrogen and oxygen atoms in total. The number of rotatable bonds is 0. The number of nitrogens with zero attached hydrogens (tertiary/aromatic N) is 1. The second kappa shape index (κ2) is 2.62. The summed E-state index contributed by atoms with van der Waals surface area (Å²) in [6.45, 7) is 0. The minimum absolute atomic E-state index is 0.982. The van der Waals surface area contributed by atoms with Gasteiger partial charge in [0.2, 0.25) is 0 Å². The highest BCUT2D eigenvalue weighted by molar-refractivity contribution is 9.10. The first kappa shape index (κ1) is 6.80.